The van der Waals surface area contributed by atoms with Crippen LogP contribution in [0.1, 0.15) is 18.9 Å². The number of nitrogens with zero attached hydrogens (tertiary/aromatic N) is 2. The fourth-order valence-electron chi connectivity index (χ4n) is 1.40. The van der Waals surface area contributed by atoms with Crippen molar-refractivity contribution in [2.75, 3.05) is 0 Å². The first-order chi connectivity index (χ1) is 8.04. The van der Waals surface area contributed by atoms with Gasteiger partial charge in [0.15, 0.2) is 0 Å². The Bertz CT molecular complexity index is 581. The largest absolute Gasteiger partial charge is 0.239 e. The maximum Gasteiger partial charge on any atom is 0.132 e. The summed E-state index contributed by atoms with van der Waals surface area (Å²) in [4.78, 5) is 4.34. The Kier molecular flexibility index (Phi) is 2.95. The second-order valence-electron chi connectivity index (χ2n) is 4.25. The lowest BCUT2D eigenvalue weighted by molar-refractivity contribution is 0.630. The smallest absolute Gasteiger partial charge is 0.132 e. The van der Waals surface area contributed by atoms with Crippen molar-refractivity contribution in [3.8, 4) is 17.3 Å². The van der Waals surface area contributed by atoms with Crippen LogP contribution >= 0.6 is 11.3 Å². The summed E-state index contributed by atoms with van der Waals surface area (Å²) in [5.74, 6) is -0.292. The number of nitriles is 1. The first kappa shape index (κ1) is 11.7. The van der Waals surface area contributed by atoms with E-state index in [1.807, 2.05) is 0 Å². The molecule has 0 aliphatic carbocycles. The molecule has 0 N–H and O–H groups in total. The molecule has 2 aromatic rings. The van der Waals surface area contributed by atoms with Gasteiger partial charge in [-0.2, -0.15) is 5.26 Å². The minimum atomic E-state index is -0.631. The second kappa shape index (κ2) is 4.27. The summed E-state index contributed by atoms with van der Waals surface area (Å²) < 4.78 is 13.6. The zero-order valence-electron chi connectivity index (χ0n) is 9.57. The molecule has 0 fully saturated rings. The van der Waals surface area contributed by atoms with Gasteiger partial charge in [-0.05, 0) is 26.0 Å². The van der Waals surface area contributed by atoms with Crippen molar-refractivity contribution in [3.05, 3.63) is 40.5 Å². The van der Waals surface area contributed by atoms with Crippen molar-refractivity contribution in [3.63, 3.8) is 0 Å². The fourth-order valence-corrected chi connectivity index (χ4v) is 2.30. The normalized spacial score (nSPS) is 11.2. The zero-order valence-corrected chi connectivity index (χ0v) is 10.4. The first-order valence-corrected chi connectivity index (χ1v) is 6.05. The molecular formula is C13H11FN2S. The molecule has 0 saturated heterocycles. The minimum absolute atomic E-state index is 0.292. The lowest BCUT2D eigenvalue weighted by Crippen LogP contribution is -2.13. The van der Waals surface area contributed by atoms with Crippen molar-refractivity contribution in [2.45, 2.75) is 19.3 Å². The van der Waals surface area contributed by atoms with Crippen molar-refractivity contribution in [1.29, 1.82) is 5.26 Å². The summed E-state index contributed by atoms with van der Waals surface area (Å²) >= 11 is 1.38. The summed E-state index contributed by atoms with van der Waals surface area (Å²) in [5.41, 5.74) is 0.434. The van der Waals surface area contributed by atoms with E-state index >= 15 is 0 Å². The Hall–Kier alpha value is -1.73. The van der Waals surface area contributed by atoms with E-state index < -0.39 is 5.41 Å². The summed E-state index contributed by atoms with van der Waals surface area (Å²) in [6.45, 7) is 3.61. The van der Waals surface area contributed by atoms with Gasteiger partial charge in [0.25, 0.3) is 0 Å². The third-order valence-corrected chi connectivity index (χ3v) is 3.63. The van der Waals surface area contributed by atoms with E-state index in [1.165, 1.54) is 17.4 Å². The van der Waals surface area contributed by atoms with Gasteiger partial charge in [0, 0.05) is 10.9 Å². The number of halogens is 1. The van der Waals surface area contributed by atoms with Crippen LogP contribution in [0.15, 0.2) is 29.6 Å². The van der Waals surface area contributed by atoms with Gasteiger partial charge >= 0.3 is 0 Å². The Balaban J connectivity index is 2.45. The van der Waals surface area contributed by atoms with Crippen LogP contribution in [0.4, 0.5) is 4.39 Å². The Labute approximate surface area is 103 Å². The van der Waals surface area contributed by atoms with Crippen molar-refractivity contribution < 1.29 is 4.39 Å². The molecule has 0 atom stereocenters. The topological polar surface area (TPSA) is 36.7 Å². The average Bonchev–Trinajstić information content (AvgIpc) is 2.79. The maximum absolute atomic E-state index is 13.6. The van der Waals surface area contributed by atoms with E-state index in [1.54, 1.807) is 37.4 Å². The predicted molar refractivity (Wildman–Crippen MR) is 66.1 cm³/mol. The monoisotopic (exact) mass is 246 g/mol. The summed E-state index contributed by atoms with van der Waals surface area (Å²) in [6, 6.07) is 8.70. The van der Waals surface area contributed by atoms with E-state index in [-0.39, 0.29) is 5.82 Å². The van der Waals surface area contributed by atoms with Crippen LogP contribution < -0.4 is 0 Å². The van der Waals surface area contributed by atoms with Crippen molar-refractivity contribution in [2.24, 2.45) is 0 Å². The van der Waals surface area contributed by atoms with Gasteiger partial charge in [0.2, 0.25) is 0 Å². The average molecular weight is 246 g/mol. The summed E-state index contributed by atoms with van der Waals surface area (Å²) in [6.07, 6.45) is 0. The lowest BCUT2D eigenvalue weighted by atomic mass is 9.97. The molecule has 0 unspecified atom stereocenters. The molecule has 0 spiro atoms. The van der Waals surface area contributed by atoms with Gasteiger partial charge in [-0.1, -0.05) is 12.1 Å². The van der Waals surface area contributed by atoms with Gasteiger partial charge in [-0.3, -0.25) is 0 Å². The van der Waals surface area contributed by atoms with Crippen LogP contribution in [-0.2, 0) is 5.41 Å². The molecule has 86 valence electrons. The van der Waals surface area contributed by atoms with Crippen LogP contribution in [0.2, 0.25) is 0 Å². The van der Waals surface area contributed by atoms with Crippen LogP contribution in [0, 0.1) is 17.1 Å². The summed E-state index contributed by atoms with van der Waals surface area (Å²) in [5, 5.41) is 11.5. The van der Waals surface area contributed by atoms with Gasteiger partial charge in [-0.25, -0.2) is 9.37 Å². The van der Waals surface area contributed by atoms with E-state index in [0.717, 1.165) is 0 Å². The highest BCUT2D eigenvalue weighted by Gasteiger charge is 2.24. The molecule has 0 aliphatic rings. The zero-order chi connectivity index (χ0) is 12.5. The Morgan fingerprint density at radius 2 is 2.06 bits per heavy atom. The lowest BCUT2D eigenvalue weighted by Gasteiger charge is -2.09. The molecule has 0 aliphatic heterocycles. The van der Waals surface area contributed by atoms with E-state index in [2.05, 4.69) is 11.1 Å². The third kappa shape index (κ3) is 2.20. The number of thiazole rings is 1. The highest BCUT2D eigenvalue weighted by Crippen LogP contribution is 2.30. The molecule has 0 amide bonds. The highest BCUT2D eigenvalue weighted by molar-refractivity contribution is 7.10. The molecular weight excluding hydrogens is 235 g/mol. The van der Waals surface area contributed by atoms with Gasteiger partial charge in [-0.15, -0.1) is 11.3 Å². The van der Waals surface area contributed by atoms with Crippen molar-refractivity contribution >= 4 is 11.3 Å². The van der Waals surface area contributed by atoms with Crippen molar-refractivity contribution in [1.82, 2.24) is 4.98 Å². The molecule has 2 rings (SSSR count). The van der Waals surface area contributed by atoms with Gasteiger partial charge < -0.3 is 0 Å². The fraction of sp³-hybridized carbons (Fsp3) is 0.231. The standard InChI is InChI=1S/C13H11FN2S/c1-13(2,8-15)12-16-11(7-17-12)9-5-3-4-6-10(9)14/h3-7H,1-2H3. The summed E-state index contributed by atoms with van der Waals surface area (Å²) in [7, 11) is 0. The maximum atomic E-state index is 13.6. The van der Waals surface area contributed by atoms with Crippen LogP contribution in [-0.4, -0.2) is 4.98 Å². The highest BCUT2D eigenvalue weighted by atomic mass is 32.1. The molecule has 17 heavy (non-hydrogen) atoms. The molecule has 1 heterocycles. The molecule has 0 saturated carbocycles. The first-order valence-electron chi connectivity index (χ1n) is 5.17. The van der Waals surface area contributed by atoms with Crippen LogP contribution in [0.25, 0.3) is 11.3 Å². The molecule has 0 bridgehead atoms. The van der Waals surface area contributed by atoms with E-state index in [4.69, 9.17) is 5.26 Å². The Morgan fingerprint density at radius 1 is 1.35 bits per heavy atom. The number of hydrogen-bond acceptors (Lipinski definition) is 3. The molecule has 1 aromatic heterocycles. The molecule has 2 nitrogen and oxygen atoms in total. The van der Waals surface area contributed by atoms with Crippen LogP contribution in [0.5, 0.6) is 0 Å². The third-order valence-electron chi connectivity index (χ3n) is 2.47. The number of aromatic nitrogens is 1. The minimum Gasteiger partial charge on any atom is -0.239 e. The number of hydrogen-bond donors (Lipinski definition) is 0. The van der Waals surface area contributed by atoms with Gasteiger partial charge in [0.1, 0.15) is 16.2 Å². The molecule has 0 radical (unpaired) electrons. The quantitative estimate of drug-likeness (QED) is 0.809. The Morgan fingerprint density at radius 3 is 2.71 bits per heavy atom. The van der Waals surface area contributed by atoms with E-state index in [0.29, 0.717) is 16.3 Å². The van der Waals surface area contributed by atoms with Gasteiger partial charge in [0.05, 0.1) is 11.8 Å². The number of rotatable bonds is 2. The predicted octanol–water partition coefficient (Wildman–Crippen LogP) is 3.75. The van der Waals surface area contributed by atoms with Crippen LogP contribution in [0.3, 0.4) is 0 Å². The SMILES string of the molecule is CC(C)(C#N)c1nc(-c2ccccc2F)cs1. The second-order valence-corrected chi connectivity index (χ2v) is 5.11. The molecule has 4 heteroatoms. The van der Waals surface area contributed by atoms with E-state index in [9.17, 15) is 4.39 Å². The number of benzene rings is 1. The molecule has 1 aromatic carbocycles.